The fraction of sp³-hybridized carbons (Fsp3) is 0.500. The van der Waals surface area contributed by atoms with E-state index in [9.17, 15) is 3.74 Å². The summed E-state index contributed by atoms with van der Waals surface area (Å²) in [6, 6.07) is 0. The van der Waals surface area contributed by atoms with Crippen molar-refractivity contribution >= 4 is 31.6 Å². The second-order valence-corrected chi connectivity index (χ2v) is 4.62. The van der Waals surface area contributed by atoms with Gasteiger partial charge in [-0.25, -0.2) is 0 Å². The minimum atomic E-state index is -4.52. The van der Waals surface area contributed by atoms with E-state index in [-0.39, 0.29) is 0 Å². The van der Waals surface area contributed by atoms with E-state index in [0.29, 0.717) is 0 Å². The average molecular weight is 197 g/mol. The molecule has 0 rings (SSSR count). The summed E-state index contributed by atoms with van der Waals surface area (Å²) in [5.74, 6) is 0. The average Bonchev–Trinajstić information content (AvgIpc) is 1.59. The second kappa shape index (κ2) is 3.17. The first kappa shape index (κ1) is 8.08. The number of aliphatic imine (C=N–C) groups is 1. The monoisotopic (exact) mass is 197 g/mol. The molecule has 0 heterocycles. The Morgan fingerprint density at radius 3 is 2.38 bits per heavy atom. The first-order valence-electron chi connectivity index (χ1n) is 1.64. The van der Waals surface area contributed by atoms with Crippen molar-refractivity contribution in [3.63, 3.8) is 0 Å². The van der Waals surface area contributed by atoms with Crippen LogP contribution in [0.25, 0.3) is 0 Å². The van der Waals surface area contributed by atoms with E-state index < -0.39 is 19.5 Å². The van der Waals surface area contributed by atoms with E-state index in [0.717, 1.165) is 0 Å². The zero-order chi connectivity index (χ0) is 6.62. The molecule has 0 fully saturated rings. The predicted molar refractivity (Wildman–Crippen MR) is 30.8 cm³/mol. The van der Waals surface area contributed by atoms with Gasteiger partial charge in [-0.3, -0.25) is 0 Å². The Morgan fingerprint density at radius 2 is 2.25 bits per heavy atom. The number of hydrogen-bond acceptors (Lipinski definition) is 3. The molecule has 0 saturated carbocycles. The molecule has 0 aliphatic carbocycles. The number of thiocarbonyl (C=S) groups is 1. The van der Waals surface area contributed by atoms with Crippen LogP contribution in [0.1, 0.15) is 0 Å². The van der Waals surface area contributed by atoms with Gasteiger partial charge in [0.1, 0.15) is 0 Å². The quantitative estimate of drug-likeness (QED) is 0.338. The fourth-order valence-corrected chi connectivity index (χ4v) is 0.929. The normalized spacial score (nSPS) is 10.2. The third-order valence-corrected chi connectivity index (χ3v) is 1.52. The standard InChI is InChI=1S/C2H4AsNO3S/c5-3(6,7)1-4-2-8/h1H2,(H2,5,6,7). The van der Waals surface area contributed by atoms with Crippen LogP contribution < -0.4 is 0 Å². The topological polar surface area (TPSA) is 69.9 Å². The van der Waals surface area contributed by atoms with Crippen LogP contribution in [0, 0.1) is 0 Å². The molecule has 2 N–H and O–H groups in total. The third-order valence-electron chi connectivity index (χ3n) is 0.319. The Bertz CT molecular complexity index is 157. The van der Waals surface area contributed by atoms with Gasteiger partial charge < -0.3 is 0 Å². The van der Waals surface area contributed by atoms with Crippen molar-refractivity contribution in [2.45, 2.75) is 0 Å². The maximum atomic E-state index is 9.97. The molecule has 0 bridgehead atoms. The molecule has 8 heavy (non-hydrogen) atoms. The van der Waals surface area contributed by atoms with Crippen molar-refractivity contribution in [2.24, 2.45) is 4.99 Å². The molecule has 0 radical (unpaired) electrons. The Morgan fingerprint density at radius 1 is 1.75 bits per heavy atom. The van der Waals surface area contributed by atoms with Gasteiger partial charge in [-0.05, 0) is 0 Å². The van der Waals surface area contributed by atoms with Crippen molar-refractivity contribution in [1.29, 1.82) is 0 Å². The van der Waals surface area contributed by atoms with E-state index in [4.69, 9.17) is 8.19 Å². The molecule has 0 atom stereocenters. The molecule has 0 spiro atoms. The molecule has 6 heteroatoms. The van der Waals surface area contributed by atoms with Crippen molar-refractivity contribution in [2.75, 3.05) is 5.33 Å². The first-order chi connectivity index (χ1) is 3.56. The second-order valence-electron chi connectivity index (χ2n) is 1.06. The van der Waals surface area contributed by atoms with Gasteiger partial charge in [0.25, 0.3) is 0 Å². The molecular formula is C2H4AsNO3S. The molecule has 0 aromatic rings. The fourth-order valence-electron chi connectivity index (χ4n) is 0.121. The summed E-state index contributed by atoms with van der Waals surface area (Å²) in [4.78, 5) is 3.07. The summed E-state index contributed by atoms with van der Waals surface area (Å²) < 4.78 is 26.2. The molecule has 0 amide bonds. The van der Waals surface area contributed by atoms with Gasteiger partial charge in [-0.2, -0.15) is 0 Å². The van der Waals surface area contributed by atoms with Gasteiger partial charge in [0.2, 0.25) is 0 Å². The van der Waals surface area contributed by atoms with Crippen LogP contribution in [-0.2, 0) is 3.74 Å². The predicted octanol–water partition coefficient (Wildman–Crippen LogP) is -1.02. The van der Waals surface area contributed by atoms with Crippen LogP contribution in [0.2, 0.25) is 0 Å². The number of isothiocyanates is 1. The van der Waals surface area contributed by atoms with Crippen LogP contribution in [0.4, 0.5) is 0 Å². The Hall–Kier alpha value is 0.0784. The Kier molecular flexibility index (Phi) is 3.20. The molecule has 4 nitrogen and oxygen atoms in total. The summed E-state index contributed by atoms with van der Waals surface area (Å²) in [5, 5.41) is 1.36. The van der Waals surface area contributed by atoms with Crippen LogP contribution >= 0.6 is 12.2 Å². The zero-order valence-corrected chi connectivity index (χ0v) is 6.51. The van der Waals surface area contributed by atoms with Gasteiger partial charge in [0.15, 0.2) is 0 Å². The van der Waals surface area contributed by atoms with E-state index in [1.165, 1.54) is 0 Å². The third kappa shape index (κ3) is 6.08. The van der Waals surface area contributed by atoms with Gasteiger partial charge in [-0.1, -0.05) is 0 Å². The molecular weight excluding hydrogens is 193 g/mol. The van der Waals surface area contributed by atoms with E-state index in [1.807, 2.05) is 5.16 Å². The minimum absolute atomic E-state index is 0.498. The summed E-state index contributed by atoms with van der Waals surface area (Å²) in [6.07, 6.45) is 0. The molecule has 0 unspecified atom stereocenters. The van der Waals surface area contributed by atoms with Gasteiger partial charge in [0.05, 0.1) is 0 Å². The van der Waals surface area contributed by atoms with Gasteiger partial charge in [-0.15, -0.1) is 0 Å². The van der Waals surface area contributed by atoms with Crippen LogP contribution in [0.15, 0.2) is 4.99 Å². The Balaban J connectivity index is 3.74. The molecule has 0 aliphatic rings. The van der Waals surface area contributed by atoms with Crippen molar-refractivity contribution in [3.05, 3.63) is 0 Å². The van der Waals surface area contributed by atoms with Crippen LogP contribution in [0.3, 0.4) is 0 Å². The molecule has 0 aliphatic heterocycles. The number of rotatable bonds is 2. The molecule has 0 aromatic heterocycles. The first-order valence-corrected chi connectivity index (χ1v) is 5.82. The van der Waals surface area contributed by atoms with Gasteiger partial charge >= 0.3 is 53.8 Å². The summed E-state index contributed by atoms with van der Waals surface area (Å²) in [5.41, 5.74) is 0. The maximum absolute atomic E-state index is 9.97. The zero-order valence-electron chi connectivity index (χ0n) is 3.81. The van der Waals surface area contributed by atoms with Crippen LogP contribution in [-0.4, -0.2) is 32.9 Å². The molecule has 46 valence electrons. The van der Waals surface area contributed by atoms with E-state index in [2.05, 4.69) is 17.2 Å². The number of nitrogens with zero attached hydrogens (tertiary/aromatic N) is 1. The summed E-state index contributed by atoms with van der Waals surface area (Å²) >= 11 is -0.446. The summed E-state index contributed by atoms with van der Waals surface area (Å²) in [6.45, 7) is 0. The number of hydrogen-bond donors (Lipinski definition) is 2. The van der Waals surface area contributed by atoms with Crippen molar-refractivity contribution in [3.8, 4) is 0 Å². The van der Waals surface area contributed by atoms with Crippen molar-refractivity contribution in [1.82, 2.24) is 0 Å². The molecule has 0 aromatic carbocycles. The Labute approximate surface area is 54.2 Å². The summed E-state index contributed by atoms with van der Waals surface area (Å²) in [7, 11) is 0. The van der Waals surface area contributed by atoms with Crippen molar-refractivity contribution < 1.29 is 11.9 Å². The molecule has 0 saturated heterocycles. The van der Waals surface area contributed by atoms with Crippen LogP contribution in [0.5, 0.6) is 0 Å². The SMILES string of the molecule is O=[As](O)(O)CN=C=S. The van der Waals surface area contributed by atoms with E-state index >= 15 is 0 Å². The van der Waals surface area contributed by atoms with E-state index in [1.54, 1.807) is 0 Å². The van der Waals surface area contributed by atoms with Gasteiger partial charge in [0, 0.05) is 0 Å².